The van der Waals surface area contributed by atoms with Gasteiger partial charge in [0.25, 0.3) is 5.91 Å². The van der Waals surface area contributed by atoms with Gasteiger partial charge in [0.1, 0.15) is 5.69 Å². The number of pyridine rings is 1. The van der Waals surface area contributed by atoms with E-state index >= 15 is 0 Å². The molecule has 8 nitrogen and oxygen atoms in total. The molecule has 2 aromatic heterocycles. The Kier molecular flexibility index (Phi) is 8.20. The van der Waals surface area contributed by atoms with Crippen molar-refractivity contribution in [3.05, 3.63) is 82.7 Å². The van der Waals surface area contributed by atoms with Gasteiger partial charge in [0.2, 0.25) is 0 Å². The number of carboxylic acids is 1. The van der Waals surface area contributed by atoms with E-state index in [0.29, 0.717) is 5.69 Å². The van der Waals surface area contributed by atoms with Gasteiger partial charge < -0.3 is 15.5 Å². The highest BCUT2D eigenvalue weighted by Crippen LogP contribution is 2.24. The summed E-state index contributed by atoms with van der Waals surface area (Å²) in [7, 11) is 0. The quantitative estimate of drug-likeness (QED) is 0.290. The molecule has 4 aromatic rings. The maximum absolute atomic E-state index is 12.5. The summed E-state index contributed by atoms with van der Waals surface area (Å²) < 4.78 is 32.7. The molecule has 0 fully saturated rings. The van der Waals surface area contributed by atoms with Gasteiger partial charge in [-0.05, 0) is 53.1 Å². The minimum Gasteiger partial charge on any atom is -0.475 e. The summed E-state index contributed by atoms with van der Waals surface area (Å²) in [5.41, 5.74) is 3.85. The Bertz CT molecular complexity index is 1330. The number of hydrogen-bond donors (Lipinski definition) is 4. The predicted molar refractivity (Wildman–Crippen MR) is 124 cm³/mol. The van der Waals surface area contributed by atoms with E-state index in [4.69, 9.17) is 9.90 Å². The van der Waals surface area contributed by atoms with Crippen molar-refractivity contribution in [3.8, 4) is 11.1 Å². The number of benzene rings is 2. The first-order chi connectivity index (χ1) is 16.5. The second kappa shape index (κ2) is 11.1. The highest BCUT2D eigenvalue weighted by molar-refractivity contribution is 9.10. The Morgan fingerprint density at radius 3 is 2.37 bits per heavy atom. The van der Waals surface area contributed by atoms with Gasteiger partial charge in [0.05, 0.1) is 17.8 Å². The topological polar surface area (TPSA) is 128 Å². The maximum Gasteiger partial charge on any atom is 0.490 e. The summed E-state index contributed by atoms with van der Waals surface area (Å²) >= 11 is 3.36. The number of carboxylic acid groups (broad SMARTS) is 1. The molecule has 12 heteroatoms. The molecule has 182 valence electrons. The number of alkyl halides is 3. The summed E-state index contributed by atoms with van der Waals surface area (Å²) in [5, 5.41) is 28.1. The van der Waals surface area contributed by atoms with Crippen LogP contribution in [0.5, 0.6) is 0 Å². The lowest BCUT2D eigenvalue weighted by Gasteiger charge is -2.12. The first-order valence-electron chi connectivity index (χ1n) is 9.96. The Morgan fingerprint density at radius 2 is 1.71 bits per heavy atom. The van der Waals surface area contributed by atoms with Crippen molar-refractivity contribution in [2.24, 2.45) is 0 Å². The summed E-state index contributed by atoms with van der Waals surface area (Å²) in [5.74, 6) is -3.09. The molecule has 0 radical (unpaired) electrons. The smallest absolute Gasteiger partial charge is 0.475 e. The molecule has 35 heavy (non-hydrogen) atoms. The van der Waals surface area contributed by atoms with Crippen molar-refractivity contribution in [2.45, 2.75) is 12.3 Å². The molecule has 4 rings (SSSR count). The molecule has 2 heterocycles. The first-order valence-corrected chi connectivity index (χ1v) is 10.8. The Hall–Kier alpha value is -3.77. The fourth-order valence-electron chi connectivity index (χ4n) is 2.94. The van der Waals surface area contributed by atoms with E-state index in [1.807, 2.05) is 48.5 Å². The van der Waals surface area contributed by atoms with E-state index in [-0.39, 0.29) is 12.5 Å². The molecule has 1 amide bonds. The SMILES string of the molecule is O=C(NCC(O)c1ccc(Br)cc1)c1cc(-c2ccc3[nH]ncc3c2)ccn1.O=C(O)C(F)(F)F. The van der Waals surface area contributed by atoms with Gasteiger partial charge in [-0.15, -0.1) is 0 Å². The third-order valence-corrected chi connectivity index (χ3v) is 5.25. The number of carbonyl (C=O) groups excluding carboxylic acids is 1. The fraction of sp³-hybridized carbons (Fsp3) is 0.130. The maximum atomic E-state index is 12.5. The van der Waals surface area contributed by atoms with Crippen molar-refractivity contribution in [3.63, 3.8) is 0 Å². The molecule has 0 spiro atoms. The van der Waals surface area contributed by atoms with E-state index in [9.17, 15) is 23.1 Å². The zero-order valence-electron chi connectivity index (χ0n) is 17.8. The molecular weight excluding hydrogens is 533 g/mol. The second-order valence-corrected chi connectivity index (χ2v) is 8.10. The molecule has 0 saturated carbocycles. The number of fused-ring (bicyclic) bond motifs is 1. The van der Waals surface area contributed by atoms with E-state index in [1.54, 1.807) is 18.5 Å². The van der Waals surface area contributed by atoms with Crippen LogP contribution < -0.4 is 5.32 Å². The summed E-state index contributed by atoms with van der Waals surface area (Å²) in [6, 6.07) is 16.8. The number of aromatic nitrogens is 3. The predicted octanol–water partition coefficient (Wildman–Crippen LogP) is 4.48. The van der Waals surface area contributed by atoms with Gasteiger partial charge in [-0.25, -0.2) is 4.79 Å². The third kappa shape index (κ3) is 7.11. The number of rotatable bonds is 5. The van der Waals surface area contributed by atoms with Crippen molar-refractivity contribution >= 4 is 38.7 Å². The molecule has 2 aromatic carbocycles. The third-order valence-electron chi connectivity index (χ3n) is 4.72. The van der Waals surface area contributed by atoms with Crippen LogP contribution in [-0.2, 0) is 4.79 Å². The average Bonchev–Trinajstić information content (AvgIpc) is 3.30. The largest absolute Gasteiger partial charge is 0.490 e. The minimum absolute atomic E-state index is 0.105. The van der Waals surface area contributed by atoms with Gasteiger partial charge in [-0.1, -0.05) is 34.1 Å². The van der Waals surface area contributed by atoms with Crippen molar-refractivity contribution < 1.29 is 33.0 Å². The highest BCUT2D eigenvalue weighted by Gasteiger charge is 2.38. The Labute approximate surface area is 205 Å². The Morgan fingerprint density at radius 1 is 1.06 bits per heavy atom. The molecule has 0 saturated heterocycles. The van der Waals surface area contributed by atoms with Crippen LogP contribution in [0.2, 0.25) is 0 Å². The van der Waals surface area contributed by atoms with Crippen LogP contribution in [0.15, 0.2) is 71.5 Å². The zero-order valence-corrected chi connectivity index (χ0v) is 19.3. The lowest BCUT2D eigenvalue weighted by atomic mass is 10.0. The molecule has 0 aliphatic carbocycles. The number of hydrogen-bond acceptors (Lipinski definition) is 5. The number of aliphatic hydroxyl groups excluding tert-OH is 1. The second-order valence-electron chi connectivity index (χ2n) is 7.18. The van der Waals surface area contributed by atoms with Crippen molar-refractivity contribution in [2.75, 3.05) is 6.54 Å². The molecular formula is C23H18BrF3N4O4. The van der Waals surface area contributed by atoms with Crippen LogP contribution in [0, 0.1) is 0 Å². The van der Waals surface area contributed by atoms with E-state index in [0.717, 1.165) is 32.1 Å². The van der Waals surface area contributed by atoms with Gasteiger partial charge >= 0.3 is 12.1 Å². The van der Waals surface area contributed by atoms with Crippen LogP contribution in [-0.4, -0.2) is 50.0 Å². The van der Waals surface area contributed by atoms with E-state index in [1.165, 1.54) is 0 Å². The number of amides is 1. The summed E-state index contributed by atoms with van der Waals surface area (Å²) in [4.78, 5) is 25.5. The molecule has 0 aliphatic rings. The molecule has 0 aliphatic heterocycles. The Balaban J connectivity index is 0.000000429. The van der Waals surface area contributed by atoms with Crippen LogP contribution in [0.1, 0.15) is 22.2 Å². The van der Waals surface area contributed by atoms with Crippen LogP contribution in [0.3, 0.4) is 0 Å². The number of nitrogens with one attached hydrogen (secondary N) is 2. The van der Waals surface area contributed by atoms with Gasteiger partial charge in [-0.2, -0.15) is 18.3 Å². The van der Waals surface area contributed by atoms with E-state index in [2.05, 4.69) is 36.4 Å². The lowest BCUT2D eigenvalue weighted by molar-refractivity contribution is -0.192. The first kappa shape index (κ1) is 25.8. The van der Waals surface area contributed by atoms with Gasteiger partial charge in [-0.3, -0.25) is 14.9 Å². The van der Waals surface area contributed by atoms with Crippen LogP contribution in [0.25, 0.3) is 22.0 Å². The minimum atomic E-state index is -5.08. The number of carbonyl (C=O) groups is 2. The summed E-state index contributed by atoms with van der Waals surface area (Å²) in [6.45, 7) is 0.105. The molecule has 1 atom stereocenters. The molecule has 4 N–H and O–H groups in total. The molecule has 1 unspecified atom stereocenters. The van der Waals surface area contributed by atoms with Crippen molar-refractivity contribution in [1.29, 1.82) is 0 Å². The fourth-order valence-corrected chi connectivity index (χ4v) is 3.20. The normalized spacial score (nSPS) is 11.9. The number of H-pyrrole nitrogens is 1. The number of aliphatic carboxylic acids is 1. The summed E-state index contributed by atoms with van der Waals surface area (Å²) in [6.07, 6.45) is -2.50. The monoisotopic (exact) mass is 550 g/mol. The number of halogens is 4. The van der Waals surface area contributed by atoms with E-state index < -0.39 is 18.2 Å². The number of aromatic amines is 1. The highest BCUT2D eigenvalue weighted by atomic mass is 79.9. The standard InChI is InChI=1S/C21H17BrN4O2.C2HF3O2/c22-17-4-1-13(2-5-17)20(27)12-24-21(28)19-10-15(7-8-23-19)14-3-6-18-16(9-14)11-25-26-18;3-2(4,5)1(6)7/h1-11,20,27H,12H2,(H,24,28)(H,25,26);(H,6,7). The lowest BCUT2D eigenvalue weighted by Crippen LogP contribution is -2.29. The van der Waals surface area contributed by atoms with Crippen LogP contribution in [0.4, 0.5) is 13.2 Å². The van der Waals surface area contributed by atoms with Crippen LogP contribution >= 0.6 is 15.9 Å². The number of aliphatic hydroxyl groups is 1. The van der Waals surface area contributed by atoms with Gasteiger partial charge in [0.15, 0.2) is 0 Å². The number of nitrogens with zero attached hydrogens (tertiary/aromatic N) is 2. The zero-order chi connectivity index (χ0) is 25.6. The molecule has 0 bridgehead atoms. The average molecular weight is 551 g/mol. The van der Waals surface area contributed by atoms with Crippen molar-refractivity contribution in [1.82, 2.24) is 20.5 Å². The van der Waals surface area contributed by atoms with Gasteiger partial charge in [0, 0.05) is 22.6 Å².